The van der Waals surface area contributed by atoms with Crippen LogP contribution in [0.4, 0.5) is 0 Å². The topological polar surface area (TPSA) is 18.5 Å². The molecule has 0 aliphatic heterocycles. The van der Waals surface area contributed by atoms with E-state index in [1.54, 1.807) is 0 Å². The standard InChI is InChI=1S/C24H28O2Si/c1-5-25-27(26-6-2,23-17(3)15-19-11-7-9-13-21(19)23)24-18(4)16-20-12-8-10-14-22(20)24/h7-16,23-24H,5-6H2,1-4H3. The lowest BCUT2D eigenvalue weighted by molar-refractivity contribution is 0.170. The lowest BCUT2D eigenvalue weighted by atomic mass is 10.1. The summed E-state index contributed by atoms with van der Waals surface area (Å²) >= 11 is 0. The molecule has 0 amide bonds. The van der Waals surface area contributed by atoms with Crippen molar-refractivity contribution in [1.29, 1.82) is 0 Å². The van der Waals surface area contributed by atoms with Gasteiger partial charge in [-0.05, 0) is 49.9 Å². The summed E-state index contributed by atoms with van der Waals surface area (Å²) < 4.78 is 13.5. The van der Waals surface area contributed by atoms with Crippen LogP contribution in [0.15, 0.2) is 59.7 Å². The molecule has 0 radical (unpaired) electrons. The molecule has 4 rings (SSSR count). The van der Waals surface area contributed by atoms with Crippen LogP contribution in [0.1, 0.15) is 61.0 Å². The van der Waals surface area contributed by atoms with Crippen LogP contribution in [-0.4, -0.2) is 21.8 Å². The molecule has 2 nitrogen and oxygen atoms in total. The average molecular weight is 377 g/mol. The van der Waals surface area contributed by atoms with E-state index in [1.165, 1.54) is 33.4 Å². The van der Waals surface area contributed by atoms with Crippen LogP contribution in [0.25, 0.3) is 12.2 Å². The van der Waals surface area contributed by atoms with Gasteiger partial charge in [0.05, 0.1) is 11.1 Å². The number of hydrogen-bond acceptors (Lipinski definition) is 2. The number of allylic oxidation sites excluding steroid dienone is 2. The van der Waals surface area contributed by atoms with Gasteiger partial charge in [0.25, 0.3) is 0 Å². The Morgan fingerprint density at radius 2 is 1.11 bits per heavy atom. The fraction of sp³-hybridized carbons (Fsp3) is 0.333. The van der Waals surface area contributed by atoms with E-state index in [9.17, 15) is 0 Å². The van der Waals surface area contributed by atoms with Gasteiger partial charge in [0.2, 0.25) is 0 Å². The molecule has 27 heavy (non-hydrogen) atoms. The van der Waals surface area contributed by atoms with Crippen molar-refractivity contribution >= 4 is 20.7 Å². The third kappa shape index (κ3) is 2.85. The van der Waals surface area contributed by atoms with Crippen molar-refractivity contribution in [2.75, 3.05) is 13.2 Å². The molecule has 0 aromatic heterocycles. The fourth-order valence-corrected chi connectivity index (χ4v) is 9.83. The Kier molecular flexibility index (Phi) is 4.93. The third-order valence-electron chi connectivity index (χ3n) is 5.84. The Morgan fingerprint density at radius 1 is 0.704 bits per heavy atom. The minimum atomic E-state index is -2.69. The van der Waals surface area contributed by atoms with E-state index in [4.69, 9.17) is 8.85 Å². The number of hydrogen-bond donors (Lipinski definition) is 0. The Labute approximate surface area is 163 Å². The van der Waals surface area contributed by atoms with Crippen molar-refractivity contribution < 1.29 is 8.85 Å². The van der Waals surface area contributed by atoms with Gasteiger partial charge in [-0.25, -0.2) is 0 Å². The quantitative estimate of drug-likeness (QED) is 0.577. The van der Waals surface area contributed by atoms with Gasteiger partial charge in [-0.3, -0.25) is 0 Å². The molecule has 0 bridgehead atoms. The molecule has 2 atom stereocenters. The molecule has 2 unspecified atom stereocenters. The maximum Gasteiger partial charge on any atom is 0.362 e. The van der Waals surface area contributed by atoms with E-state index in [-0.39, 0.29) is 11.1 Å². The summed E-state index contributed by atoms with van der Waals surface area (Å²) in [6, 6.07) is 17.4. The predicted octanol–water partition coefficient (Wildman–Crippen LogP) is 5.98. The Hall–Kier alpha value is -1.94. The Bertz CT molecular complexity index is 837. The lowest BCUT2D eigenvalue weighted by Crippen LogP contribution is -2.54. The minimum absolute atomic E-state index is 0.216. The second kappa shape index (κ2) is 7.23. The third-order valence-corrected chi connectivity index (χ3v) is 10.5. The molecule has 2 aliphatic rings. The van der Waals surface area contributed by atoms with Gasteiger partial charge in [-0.15, -0.1) is 0 Å². The summed E-state index contributed by atoms with van der Waals surface area (Å²) in [6.07, 6.45) is 4.64. The number of fused-ring (bicyclic) bond motifs is 2. The molecule has 0 N–H and O–H groups in total. The highest BCUT2D eigenvalue weighted by molar-refractivity contribution is 6.72. The molecule has 0 spiro atoms. The van der Waals surface area contributed by atoms with Crippen LogP contribution in [0.3, 0.4) is 0 Å². The van der Waals surface area contributed by atoms with E-state index in [1.807, 2.05) is 0 Å². The monoisotopic (exact) mass is 376 g/mol. The zero-order valence-electron chi connectivity index (χ0n) is 16.7. The first-order chi connectivity index (χ1) is 13.1. The highest BCUT2D eigenvalue weighted by atomic mass is 28.4. The van der Waals surface area contributed by atoms with Crippen LogP contribution in [0.5, 0.6) is 0 Å². The zero-order valence-corrected chi connectivity index (χ0v) is 17.7. The van der Waals surface area contributed by atoms with Gasteiger partial charge in [0.15, 0.2) is 0 Å². The molecular formula is C24H28O2Si. The molecule has 3 heteroatoms. The highest BCUT2D eigenvalue weighted by Crippen LogP contribution is 2.52. The molecule has 0 saturated heterocycles. The van der Waals surface area contributed by atoms with Gasteiger partial charge >= 0.3 is 8.56 Å². The Balaban J connectivity index is 1.93. The smallest absolute Gasteiger partial charge is 0.362 e. The molecule has 0 heterocycles. The van der Waals surface area contributed by atoms with Crippen LogP contribution in [0, 0.1) is 0 Å². The molecule has 0 fully saturated rings. The van der Waals surface area contributed by atoms with Crippen LogP contribution >= 0.6 is 0 Å². The fourth-order valence-electron chi connectivity index (χ4n) is 5.02. The van der Waals surface area contributed by atoms with E-state index < -0.39 is 8.56 Å². The molecule has 2 aromatic carbocycles. The van der Waals surface area contributed by atoms with Crippen molar-refractivity contribution in [2.45, 2.75) is 38.8 Å². The normalized spacial score (nSPS) is 20.9. The maximum atomic E-state index is 6.73. The molecule has 0 saturated carbocycles. The van der Waals surface area contributed by atoms with Crippen molar-refractivity contribution in [3.63, 3.8) is 0 Å². The van der Waals surface area contributed by atoms with Gasteiger partial charge in [-0.2, -0.15) is 0 Å². The van der Waals surface area contributed by atoms with Crippen LogP contribution < -0.4 is 0 Å². The first-order valence-corrected chi connectivity index (χ1v) is 11.9. The molecule has 2 aliphatic carbocycles. The first kappa shape index (κ1) is 18.4. The summed E-state index contributed by atoms with van der Waals surface area (Å²) in [7, 11) is -2.69. The van der Waals surface area contributed by atoms with Crippen LogP contribution in [0.2, 0.25) is 0 Å². The molecular weight excluding hydrogens is 348 g/mol. The second-order valence-electron chi connectivity index (χ2n) is 7.49. The molecule has 140 valence electrons. The van der Waals surface area contributed by atoms with Crippen molar-refractivity contribution in [3.8, 4) is 0 Å². The maximum absolute atomic E-state index is 6.73. The Morgan fingerprint density at radius 3 is 1.52 bits per heavy atom. The largest absolute Gasteiger partial charge is 0.393 e. The summed E-state index contributed by atoms with van der Waals surface area (Å²) in [5, 5.41) is 0. The number of rotatable bonds is 6. The van der Waals surface area contributed by atoms with Gasteiger partial charge in [0.1, 0.15) is 0 Å². The van der Waals surface area contributed by atoms with E-state index in [0.717, 1.165) is 0 Å². The zero-order chi connectivity index (χ0) is 19.0. The average Bonchev–Trinajstić information content (AvgIpc) is 3.17. The van der Waals surface area contributed by atoms with Crippen LogP contribution in [-0.2, 0) is 8.85 Å². The summed E-state index contributed by atoms with van der Waals surface area (Å²) in [6.45, 7) is 10.0. The second-order valence-corrected chi connectivity index (χ2v) is 10.7. The summed E-state index contributed by atoms with van der Waals surface area (Å²) in [5.41, 5.74) is 8.50. The summed E-state index contributed by atoms with van der Waals surface area (Å²) in [4.78, 5) is 0. The first-order valence-electron chi connectivity index (χ1n) is 9.94. The number of benzene rings is 2. The van der Waals surface area contributed by atoms with Crippen molar-refractivity contribution in [1.82, 2.24) is 0 Å². The highest BCUT2D eigenvalue weighted by Gasteiger charge is 2.57. The predicted molar refractivity (Wildman–Crippen MR) is 115 cm³/mol. The van der Waals surface area contributed by atoms with E-state index in [0.29, 0.717) is 13.2 Å². The molecule has 2 aromatic rings. The van der Waals surface area contributed by atoms with Gasteiger partial charge < -0.3 is 8.85 Å². The lowest BCUT2D eigenvalue weighted by Gasteiger charge is -2.42. The van der Waals surface area contributed by atoms with Gasteiger partial charge in [0, 0.05) is 13.2 Å². The summed E-state index contributed by atoms with van der Waals surface area (Å²) in [5.74, 6) is 0. The van der Waals surface area contributed by atoms with E-state index >= 15 is 0 Å². The van der Waals surface area contributed by atoms with Crippen molar-refractivity contribution in [2.24, 2.45) is 0 Å². The SMILES string of the molecule is CCO[Si](OCC)(C1C(C)=Cc2ccccc21)C1C(C)=Cc2ccccc21. The minimum Gasteiger partial charge on any atom is -0.393 e. The van der Waals surface area contributed by atoms with Gasteiger partial charge in [-0.1, -0.05) is 71.8 Å². The van der Waals surface area contributed by atoms with E-state index in [2.05, 4.69) is 88.4 Å². The van der Waals surface area contributed by atoms with Crippen molar-refractivity contribution in [3.05, 3.63) is 81.9 Å².